The zero-order valence-electron chi connectivity index (χ0n) is 7.12. The van der Waals surface area contributed by atoms with Gasteiger partial charge in [-0.25, -0.2) is 0 Å². The lowest BCUT2D eigenvalue weighted by Gasteiger charge is -2.09. The van der Waals surface area contributed by atoms with Crippen LogP contribution >= 0.6 is 24.2 Å². The Balaban J connectivity index is 3.08. The Labute approximate surface area is 87.5 Å². The molecule has 2 nitrogen and oxygen atoms in total. The van der Waals surface area contributed by atoms with Gasteiger partial charge in [0.2, 0.25) is 0 Å². The summed E-state index contributed by atoms with van der Waals surface area (Å²) in [5.41, 5.74) is 6.84. The summed E-state index contributed by atoms with van der Waals surface area (Å²) >= 11 is 10.0. The van der Waals surface area contributed by atoms with Crippen molar-refractivity contribution in [2.45, 2.75) is 17.2 Å². The second-order valence-corrected chi connectivity index (χ2v) is 3.71. The number of rotatable bonds is 2. The zero-order valence-corrected chi connectivity index (χ0v) is 8.77. The van der Waals surface area contributed by atoms with Crippen LogP contribution in [0.2, 0.25) is 0 Å². The van der Waals surface area contributed by atoms with E-state index < -0.39 is 5.38 Å². The normalized spacial score (nSPS) is 12.5. The summed E-state index contributed by atoms with van der Waals surface area (Å²) in [6.45, 7) is 1.45. The fourth-order valence-electron chi connectivity index (χ4n) is 0.994. The molecular formula is C9H10ClNOS. The minimum atomic E-state index is -0.631. The van der Waals surface area contributed by atoms with Crippen LogP contribution in [-0.2, 0) is 4.79 Å². The van der Waals surface area contributed by atoms with Gasteiger partial charge in [-0.1, -0.05) is 6.07 Å². The smallest absolute Gasteiger partial charge is 0.152 e. The Morgan fingerprint density at radius 3 is 2.69 bits per heavy atom. The molecule has 0 aliphatic heterocycles. The van der Waals surface area contributed by atoms with Crippen molar-refractivity contribution in [2.75, 3.05) is 5.73 Å². The van der Waals surface area contributed by atoms with Crippen molar-refractivity contribution >= 4 is 35.7 Å². The van der Waals surface area contributed by atoms with Gasteiger partial charge in [0, 0.05) is 10.6 Å². The third-order valence-corrected chi connectivity index (χ3v) is 2.61. The van der Waals surface area contributed by atoms with Crippen molar-refractivity contribution in [2.24, 2.45) is 0 Å². The summed E-state index contributed by atoms with van der Waals surface area (Å²) in [7, 11) is 0. The first-order chi connectivity index (χ1) is 6.02. The molecule has 0 bridgehead atoms. The Morgan fingerprint density at radius 1 is 1.62 bits per heavy atom. The van der Waals surface area contributed by atoms with E-state index in [9.17, 15) is 4.79 Å². The maximum absolute atomic E-state index is 11.0. The average Bonchev–Trinajstić information content (AvgIpc) is 2.03. The number of ketones is 1. The van der Waals surface area contributed by atoms with Gasteiger partial charge in [-0.05, 0) is 24.6 Å². The van der Waals surface area contributed by atoms with Gasteiger partial charge in [0.25, 0.3) is 0 Å². The van der Waals surface area contributed by atoms with Crippen LogP contribution in [-0.4, -0.2) is 5.78 Å². The molecule has 2 N–H and O–H groups in total. The molecule has 0 aliphatic carbocycles. The Bertz CT molecular complexity index is 340. The van der Waals surface area contributed by atoms with Gasteiger partial charge in [-0.3, -0.25) is 4.79 Å². The SMILES string of the molecule is CC(=O)C(Cl)c1ccc(N)cc1S. The van der Waals surface area contributed by atoms with Crippen LogP contribution < -0.4 is 5.73 Å². The highest BCUT2D eigenvalue weighted by molar-refractivity contribution is 7.80. The molecule has 0 fully saturated rings. The first kappa shape index (κ1) is 10.4. The maximum atomic E-state index is 11.0. The molecule has 0 aromatic heterocycles. The number of carbonyl (C=O) groups is 1. The van der Waals surface area contributed by atoms with Gasteiger partial charge in [0.15, 0.2) is 5.78 Å². The van der Waals surface area contributed by atoms with Crippen LogP contribution in [0.3, 0.4) is 0 Å². The second kappa shape index (κ2) is 4.03. The molecule has 70 valence electrons. The number of hydrogen-bond donors (Lipinski definition) is 2. The third-order valence-electron chi connectivity index (χ3n) is 1.68. The molecule has 13 heavy (non-hydrogen) atoms. The van der Waals surface area contributed by atoms with E-state index in [1.807, 2.05) is 0 Å². The fraction of sp³-hybridized carbons (Fsp3) is 0.222. The minimum Gasteiger partial charge on any atom is -0.399 e. The van der Waals surface area contributed by atoms with Crippen molar-refractivity contribution in [1.82, 2.24) is 0 Å². The highest BCUT2D eigenvalue weighted by Crippen LogP contribution is 2.28. The molecule has 4 heteroatoms. The maximum Gasteiger partial charge on any atom is 0.152 e. The number of nitrogens with two attached hydrogens (primary N) is 1. The summed E-state index contributed by atoms with van der Waals surface area (Å²) in [6.07, 6.45) is 0. The van der Waals surface area contributed by atoms with Gasteiger partial charge in [-0.15, -0.1) is 24.2 Å². The van der Waals surface area contributed by atoms with E-state index in [1.165, 1.54) is 6.92 Å². The van der Waals surface area contributed by atoms with Gasteiger partial charge in [0.1, 0.15) is 5.38 Å². The van der Waals surface area contributed by atoms with Crippen molar-refractivity contribution in [1.29, 1.82) is 0 Å². The standard InChI is InChI=1S/C9H10ClNOS/c1-5(12)9(10)7-3-2-6(11)4-8(7)13/h2-4,9,13H,11H2,1H3. The van der Waals surface area contributed by atoms with Crippen LogP contribution in [0, 0.1) is 0 Å². The van der Waals surface area contributed by atoms with E-state index in [2.05, 4.69) is 12.6 Å². The van der Waals surface area contributed by atoms with Gasteiger partial charge in [-0.2, -0.15) is 0 Å². The van der Waals surface area contributed by atoms with E-state index in [-0.39, 0.29) is 5.78 Å². The summed E-state index contributed by atoms with van der Waals surface area (Å²) in [4.78, 5) is 11.6. The predicted octanol–water partition coefficient (Wildman–Crippen LogP) is 2.43. The van der Waals surface area contributed by atoms with Crippen molar-refractivity contribution in [3.8, 4) is 0 Å². The number of Topliss-reactive ketones (excluding diaryl/α,β-unsaturated/α-hetero) is 1. The second-order valence-electron chi connectivity index (χ2n) is 2.79. The average molecular weight is 216 g/mol. The molecule has 0 spiro atoms. The Kier molecular flexibility index (Phi) is 3.22. The fourth-order valence-corrected chi connectivity index (χ4v) is 1.61. The van der Waals surface area contributed by atoms with E-state index in [1.54, 1.807) is 18.2 Å². The summed E-state index contributed by atoms with van der Waals surface area (Å²) in [5, 5.41) is -0.631. The molecule has 0 amide bonds. The minimum absolute atomic E-state index is 0.0956. The quantitative estimate of drug-likeness (QED) is 0.452. The number of hydrogen-bond acceptors (Lipinski definition) is 3. The monoisotopic (exact) mass is 215 g/mol. The Morgan fingerprint density at radius 2 is 2.23 bits per heavy atom. The molecular weight excluding hydrogens is 206 g/mol. The van der Waals surface area contributed by atoms with Gasteiger partial charge in [0.05, 0.1) is 0 Å². The summed E-state index contributed by atoms with van der Waals surface area (Å²) < 4.78 is 0. The van der Waals surface area contributed by atoms with E-state index >= 15 is 0 Å². The van der Waals surface area contributed by atoms with Crippen molar-refractivity contribution < 1.29 is 4.79 Å². The number of thiol groups is 1. The topological polar surface area (TPSA) is 43.1 Å². The number of carbonyl (C=O) groups excluding carboxylic acids is 1. The van der Waals surface area contributed by atoms with E-state index in [0.717, 1.165) is 0 Å². The Hall–Kier alpha value is -0.670. The van der Waals surface area contributed by atoms with Crippen LogP contribution in [0.5, 0.6) is 0 Å². The first-order valence-corrected chi connectivity index (χ1v) is 4.63. The van der Waals surface area contributed by atoms with Crippen LogP contribution in [0.1, 0.15) is 17.9 Å². The molecule has 1 unspecified atom stereocenters. The molecule has 1 aromatic carbocycles. The highest BCUT2D eigenvalue weighted by atomic mass is 35.5. The molecule has 1 aromatic rings. The molecule has 0 saturated heterocycles. The number of nitrogen functional groups attached to an aromatic ring is 1. The van der Waals surface area contributed by atoms with Crippen LogP contribution in [0.4, 0.5) is 5.69 Å². The largest absolute Gasteiger partial charge is 0.399 e. The molecule has 1 atom stereocenters. The zero-order chi connectivity index (χ0) is 10.0. The van der Waals surface area contributed by atoms with Crippen molar-refractivity contribution in [3.63, 3.8) is 0 Å². The van der Waals surface area contributed by atoms with Crippen LogP contribution in [0.25, 0.3) is 0 Å². The number of halogens is 1. The number of anilines is 1. The van der Waals surface area contributed by atoms with E-state index in [4.69, 9.17) is 17.3 Å². The summed E-state index contributed by atoms with van der Waals surface area (Å²) in [5.74, 6) is -0.0956. The lowest BCUT2D eigenvalue weighted by atomic mass is 10.1. The number of alkyl halides is 1. The molecule has 1 rings (SSSR count). The molecule has 0 heterocycles. The molecule has 0 aliphatic rings. The van der Waals surface area contributed by atoms with Crippen molar-refractivity contribution in [3.05, 3.63) is 23.8 Å². The molecule has 0 radical (unpaired) electrons. The third kappa shape index (κ3) is 2.39. The highest BCUT2D eigenvalue weighted by Gasteiger charge is 2.15. The molecule has 0 saturated carbocycles. The van der Waals surface area contributed by atoms with Crippen LogP contribution in [0.15, 0.2) is 23.1 Å². The van der Waals surface area contributed by atoms with Gasteiger partial charge >= 0.3 is 0 Å². The lowest BCUT2D eigenvalue weighted by Crippen LogP contribution is -2.02. The lowest BCUT2D eigenvalue weighted by molar-refractivity contribution is -0.116. The first-order valence-electron chi connectivity index (χ1n) is 3.75. The summed E-state index contributed by atoms with van der Waals surface area (Å²) in [6, 6.07) is 5.10. The predicted molar refractivity (Wildman–Crippen MR) is 57.4 cm³/mol. The van der Waals surface area contributed by atoms with Gasteiger partial charge < -0.3 is 5.73 Å². The number of benzene rings is 1. The van der Waals surface area contributed by atoms with E-state index in [0.29, 0.717) is 16.1 Å².